The third-order valence-corrected chi connectivity index (χ3v) is 5.20. The van der Waals surface area contributed by atoms with Crippen molar-refractivity contribution in [1.82, 2.24) is 14.5 Å². The van der Waals surface area contributed by atoms with Gasteiger partial charge in [0, 0.05) is 13.1 Å². The summed E-state index contributed by atoms with van der Waals surface area (Å²) in [6.45, 7) is 5.05. The quantitative estimate of drug-likeness (QED) is 0.482. The van der Waals surface area contributed by atoms with E-state index in [4.69, 9.17) is 0 Å². The number of rotatable bonds is 6. The molecule has 0 aliphatic heterocycles. The third kappa shape index (κ3) is 3.88. The zero-order chi connectivity index (χ0) is 19.4. The lowest BCUT2D eigenvalue weighted by atomic mass is 10.2. The maximum atomic E-state index is 14.4. The van der Waals surface area contributed by atoms with Gasteiger partial charge in [-0.15, -0.1) is 0 Å². The number of amides is 1. The van der Waals surface area contributed by atoms with Crippen molar-refractivity contribution in [2.45, 2.75) is 19.0 Å². The molecule has 0 unspecified atom stereocenters. The van der Waals surface area contributed by atoms with E-state index in [-0.39, 0.29) is 22.9 Å². The highest BCUT2D eigenvalue weighted by Gasteiger charge is 2.18. The molecule has 1 heterocycles. The van der Waals surface area contributed by atoms with Crippen molar-refractivity contribution < 1.29 is 9.18 Å². The molecule has 0 bridgehead atoms. The van der Waals surface area contributed by atoms with Crippen molar-refractivity contribution in [2.75, 3.05) is 18.8 Å². The monoisotopic (exact) mass is 385 g/mol. The van der Waals surface area contributed by atoms with Crippen molar-refractivity contribution in [3.05, 3.63) is 64.7 Å². The van der Waals surface area contributed by atoms with Crippen molar-refractivity contribution in [2.24, 2.45) is 0 Å². The molecular weight excluding hydrogens is 365 g/mol. The Hall–Kier alpha value is -2.67. The van der Waals surface area contributed by atoms with Gasteiger partial charge in [0.15, 0.2) is 5.16 Å². The molecule has 0 aliphatic carbocycles. The van der Waals surface area contributed by atoms with E-state index in [1.165, 1.54) is 16.7 Å². The number of aromatic nitrogens is 2. The number of benzene rings is 2. The van der Waals surface area contributed by atoms with Gasteiger partial charge in [0.1, 0.15) is 5.82 Å². The highest BCUT2D eigenvalue weighted by atomic mass is 32.2. The van der Waals surface area contributed by atoms with E-state index in [9.17, 15) is 14.0 Å². The summed E-state index contributed by atoms with van der Waals surface area (Å²) in [7, 11) is 0. The van der Waals surface area contributed by atoms with Crippen LogP contribution in [0, 0.1) is 5.82 Å². The molecule has 2 aromatic carbocycles. The van der Waals surface area contributed by atoms with E-state index in [0.29, 0.717) is 29.1 Å². The van der Waals surface area contributed by atoms with Gasteiger partial charge in [-0.05, 0) is 38.1 Å². The number of halogens is 1. The summed E-state index contributed by atoms with van der Waals surface area (Å²) in [5, 5.41) is 0.699. The smallest absolute Gasteiger partial charge is 0.266 e. The molecule has 7 heteroatoms. The molecule has 0 radical (unpaired) electrons. The highest BCUT2D eigenvalue weighted by molar-refractivity contribution is 7.99. The molecule has 27 heavy (non-hydrogen) atoms. The van der Waals surface area contributed by atoms with Crippen LogP contribution in [-0.4, -0.2) is 39.2 Å². The second-order valence-electron chi connectivity index (χ2n) is 5.86. The second kappa shape index (κ2) is 8.35. The number of carbonyl (C=O) groups excluding carboxylic acids is 1. The summed E-state index contributed by atoms with van der Waals surface area (Å²) in [6.07, 6.45) is 0. The van der Waals surface area contributed by atoms with Gasteiger partial charge in [-0.1, -0.05) is 36.0 Å². The molecule has 0 spiro atoms. The van der Waals surface area contributed by atoms with Gasteiger partial charge in [0.25, 0.3) is 5.56 Å². The highest BCUT2D eigenvalue weighted by Crippen LogP contribution is 2.23. The molecule has 0 atom stereocenters. The Morgan fingerprint density at radius 1 is 1.11 bits per heavy atom. The normalized spacial score (nSPS) is 10.9. The fraction of sp³-hybridized carbons (Fsp3) is 0.250. The van der Waals surface area contributed by atoms with Crippen molar-refractivity contribution in [3.8, 4) is 5.69 Å². The van der Waals surface area contributed by atoms with E-state index >= 15 is 0 Å². The molecule has 1 aromatic heterocycles. The molecule has 1 amide bonds. The van der Waals surface area contributed by atoms with Gasteiger partial charge in [0.2, 0.25) is 5.91 Å². The first-order valence-corrected chi connectivity index (χ1v) is 9.72. The number of thioether (sulfide) groups is 1. The van der Waals surface area contributed by atoms with Crippen LogP contribution in [0.15, 0.2) is 58.5 Å². The summed E-state index contributed by atoms with van der Waals surface area (Å²) in [4.78, 5) is 31.6. The summed E-state index contributed by atoms with van der Waals surface area (Å²) in [6, 6.07) is 13.0. The minimum Gasteiger partial charge on any atom is -0.343 e. The topological polar surface area (TPSA) is 55.2 Å². The molecule has 0 saturated heterocycles. The Morgan fingerprint density at radius 3 is 2.48 bits per heavy atom. The molecule has 3 aromatic rings. The van der Waals surface area contributed by atoms with Gasteiger partial charge in [-0.3, -0.25) is 14.2 Å². The van der Waals surface area contributed by atoms with Crippen LogP contribution >= 0.6 is 11.8 Å². The van der Waals surface area contributed by atoms with Crippen molar-refractivity contribution in [3.63, 3.8) is 0 Å². The van der Waals surface area contributed by atoms with Crippen LogP contribution in [0.2, 0.25) is 0 Å². The maximum Gasteiger partial charge on any atom is 0.266 e. The van der Waals surface area contributed by atoms with E-state index < -0.39 is 5.82 Å². The Morgan fingerprint density at radius 2 is 1.78 bits per heavy atom. The summed E-state index contributed by atoms with van der Waals surface area (Å²) in [5.74, 6) is -0.443. The number of nitrogens with zero attached hydrogens (tertiary/aromatic N) is 3. The van der Waals surface area contributed by atoms with E-state index in [0.717, 1.165) is 11.8 Å². The van der Waals surface area contributed by atoms with Crippen LogP contribution in [0.5, 0.6) is 0 Å². The average Bonchev–Trinajstić information content (AvgIpc) is 2.68. The molecule has 3 rings (SSSR count). The maximum absolute atomic E-state index is 14.4. The molecule has 0 aliphatic rings. The standard InChI is InChI=1S/C20H20FN3O2S/c1-3-23(4-2)18(25)13-27-20-22-16-11-7-5-9-14(16)19(26)24(20)17-12-8-6-10-15(17)21/h5-12H,3-4,13H2,1-2H3. The first kappa shape index (κ1) is 19.1. The van der Waals surface area contributed by atoms with Crippen molar-refractivity contribution >= 4 is 28.6 Å². The van der Waals surface area contributed by atoms with Crippen LogP contribution < -0.4 is 5.56 Å². The fourth-order valence-corrected chi connectivity index (χ4v) is 3.76. The molecule has 140 valence electrons. The number of fused-ring (bicyclic) bond motifs is 1. The predicted octanol–water partition coefficient (Wildman–Crippen LogP) is 3.49. The SMILES string of the molecule is CCN(CC)C(=O)CSc1nc2ccccc2c(=O)n1-c1ccccc1F. The first-order chi connectivity index (χ1) is 13.1. The average molecular weight is 385 g/mol. The van der Waals surface area contributed by atoms with Crippen LogP contribution in [0.25, 0.3) is 16.6 Å². The predicted molar refractivity (Wildman–Crippen MR) is 106 cm³/mol. The van der Waals surface area contributed by atoms with Gasteiger partial charge < -0.3 is 4.90 Å². The summed E-state index contributed by atoms with van der Waals surface area (Å²) < 4.78 is 15.6. The summed E-state index contributed by atoms with van der Waals surface area (Å²) >= 11 is 1.14. The molecule has 5 nitrogen and oxygen atoms in total. The van der Waals surface area contributed by atoms with Crippen molar-refractivity contribution in [1.29, 1.82) is 0 Å². The van der Waals surface area contributed by atoms with Gasteiger partial charge in [-0.2, -0.15) is 0 Å². The Labute approximate surface area is 160 Å². The van der Waals surface area contributed by atoms with Crippen LogP contribution in [0.4, 0.5) is 4.39 Å². The number of hydrogen-bond acceptors (Lipinski definition) is 4. The largest absolute Gasteiger partial charge is 0.343 e. The number of carbonyl (C=O) groups is 1. The lowest BCUT2D eigenvalue weighted by molar-refractivity contribution is -0.127. The minimum atomic E-state index is -0.520. The zero-order valence-corrected chi connectivity index (χ0v) is 16.0. The van der Waals surface area contributed by atoms with E-state index in [2.05, 4.69) is 4.98 Å². The first-order valence-electron chi connectivity index (χ1n) is 8.74. The van der Waals surface area contributed by atoms with Gasteiger partial charge in [-0.25, -0.2) is 9.37 Å². The van der Waals surface area contributed by atoms with Gasteiger partial charge >= 0.3 is 0 Å². The molecule has 0 saturated carbocycles. The Bertz CT molecular complexity index is 1030. The third-order valence-electron chi connectivity index (χ3n) is 4.28. The molecule has 0 N–H and O–H groups in total. The lowest BCUT2D eigenvalue weighted by Crippen LogP contribution is -2.32. The fourth-order valence-electron chi connectivity index (χ4n) is 2.85. The van der Waals surface area contributed by atoms with Crippen LogP contribution in [0.3, 0.4) is 0 Å². The minimum absolute atomic E-state index is 0.0486. The Balaban J connectivity index is 2.10. The molecule has 0 fully saturated rings. The number of hydrogen-bond donors (Lipinski definition) is 0. The van der Waals surface area contributed by atoms with E-state index in [1.54, 1.807) is 41.3 Å². The van der Waals surface area contributed by atoms with Crippen LogP contribution in [0.1, 0.15) is 13.8 Å². The number of para-hydroxylation sites is 2. The zero-order valence-electron chi connectivity index (χ0n) is 15.2. The lowest BCUT2D eigenvalue weighted by Gasteiger charge is -2.19. The second-order valence-corrected chi connectivity index (χ2v) is 6.80. The summed E-state index contributed by atoms with van der Waals surface area (Å²) in [5.41, 5.74) is 0.287. The van der Waals surface area contributed by atoms with Crippen LogP contribution in [-0.2, 0) is 4.79 Å². The van der Waals surface area contributed by atoms with Gasteiger partial charge in [0.05, 0.1) is 22.3 Å². The Kier molecular flexibility index (Phi) is 5.91. The van der Waals surface area contributed by atoms with E-state index in [1.807, 2.05) is 13.8 Å². The molecular formula is C20H20FN3O2S.